The highest BCUT2D eigenvalue weighted by Gasteiger charge is 2.33. The molecule has 0 bridgehead atoms. The Kier molecular flexibility index (Phi) is 4.23. The summed E-state index contributed by atoms with van der Waals surface area (Å²) in [5.41, 5.74) is 4.09. The number of carbonyl (C=O) groups is 2. The zero-order chi connectivity index (χ0) is 20.8. The lowest BCUT2D eigenvalue weighted by molar-refractivity contribution is 0.0731. The Morgan fingerprint density at radius 2 is 2.07 bits per heavy atom. The Labute approximate surface area is 172 Å². The molecule has 30 heavy (non-hydrogen) atoms. The summed E-state index contributed by atoms with van der Waals surface area (Å²) in [5, 5.41) is 4.42. The van der Waals surface area contributed by atoms with Gasteiger partial charge in [-0.2, -0.15) is 5.10 Å². The van der Waals surface area contributed by atoms with Crippen LogP contribution in [-0.2, 0) is 0 Å². The van der Waals surface area contributed by atoms with Crippen LogP contribution in [0.15, 0.2) is 43.0 Å². The molecule has 1 aromatic carbocycles. The molecule has 9 heteroatoms. The number of rotatable bonds is 3. The van der Waals surface area contributed by atoms with Crippen molar-refractivity contribution in [2.45, 2.75) is 18.9 Å². The average Bonchev–Trinajstić information content (AvgIpc) is 3.50. The quantitative estimate of drug-likeness (QED) is 0.566. The van der Waals surface area contributed by atoms with Crippen molar-refractivity contribution >= 4 is 28.5 Å². The molecule has 5 rings (SSSR count). The molecule has 2 amide bonds. The molecule has 1 N–H and O–H groups in total. The van der Waals surface area contributed by atoms with E-state index in [1.54, 1.807) is 37.3 Å². The number of likely N-dealkylation sites (tertiary alicyclic amines) is 1. The molecule has 1 aliphatic heterocycles. The van der Waals surface area contributed by atoms with Crippen molar-refractivity contribution < 1.29 is 9.59 Å². The largest absolute Gasteiger partial charge is 0.345 e. The molecule has 1 saturated heterocycles. The van der Waals surface area contributed by atoms with Crippen molar-refractivity contribution in [2.75, 3.05) is 20.6 Å². The summed E-state index contributed by atoms with van der Waals surface area (Å²) in [7, 11) is 3.40. The van der Waals surface area contributed by atoms with Crippen LogP contribution in [0.2, 0.25) is 0 Å². The van der Waals surface area contributed by atoms with E-state index >= 15 is 0 Å². The number of carbonyl (C=O) groups excluding carboxylic acids is 2. The van der Waals surface area contributed by atoms with Gasteiger partial charge in [0.1, 0.15) is 5.56 Å². The minimum absolute atomic E-state index is 0.0318. The van der Waals surface area contributed by atoms with E-state index in [0.717, 1.165) is 29.6 Å². The summed E-state index contributed by atoms with van der Waals surface area (Å²) in [6.07, 6.45) is 6.57. The zero-order valence-corrected chi connectivity index (χ0v) is 16.7. The molecule has 0 radical (unpaired) electrons. The second-order valence-electron chi connectivity index (χ2n) is 7.65. The first-order valence-electron chi connectivity index (χ1n) is 9.83. The summed E-state index contributed by atoms with van der Waals surface area (Å²) in [6.45, 7) is 0.666. The smallest absolute Gasteiger partial charge is 0.258 e. The average molecular weight is 403 g/mol. The molecule has 0 unspecified atom stereocenters. The fraction of sp³-hybridized carbons (Fsp3) is 0.286. The van der Waals surface area contributed by atoms with Gasteiger partial charge in [-0.3, -0.25) is 9.59 Å². The molecule has 0 aliphatic carbocycles. The molecule has 1 fully saturated rings. The molecule has 1 atom stereocenters. The summed E-state index contributed by atoms with van der Waals surface area (Å²) in [4.78, 5) is 40.8. The Morgan fingerprint density at radius 3 is 2.90 bits per heavy atom. The molecule has 152 valence electrons. The lowest BCUT2D eigenvalue weighted by Crippen LogP contribution is -2.31. The van der Waals surface area contributed by atoms with E-state index in [2.05, 4.69) is 20.1 Å². The van der Waals surface area contributed by atoms with Crippen LogP contribution < -0.4 is 0 Å². The molecule has 4 heterocycles. The summed E-state index contributed by atoms with van der Waals surface area (Å²) < 4.78 is 1.69. The maximum atomic E-state index is 13.3. The van der Waals surface area contributed by atoms with Crippen molar-refractivity contribution in [3.63, 3.8) is 0 Å². The van der Waals surface area contributed by atoms with Gasteiger partial charge in [-0.15, -0.1) is 0 Å². The third-order valence-corrected chi connectivity index (χ3v) is 5.59. The minimum atomic E-state index is -0.151. The SMILES string of the molecule is CN(C)C(=O)c1cnn2c([C@H]3CCCN3C(=O)c3ccc4nc[nH]c4c3)ccnc12. The van der Waals surface area contributed by atoms with Crippen molar-refractivity contribution in [2.24, 2.45) is 0 Å². The third-order valence-electron chi connectivity index (χ3n) is 5.59. The highest BCUT2D eigenvalue weighted by atomic mass is 16.2. The monoisotopic (exact) mass is 403 g/mol. The lowest BCUT2D eigenvalue weighted by Gasteiger charge is -2.25. The van der Waals surface area contributed by atoms with Gasteiger partial charge in [-0.25, -0.2) is 14.5 Å². The van der Waals surface area contributed by atoms with Gasteiger partial charge in [-0.05, 0) is 37.1 Å². The van der Waals surface area contributed by atoms with E-state index < -0.39 is 0 Å². The van der Waals surface area contributed by atoms with Crippen molar-refractivity contribution in [1.82, 2.24) is 34.4 Å². The molecule has 1 aliphatic rings. The molecular formula is C21H21N7O2. The van der Waals surface area contributed by atoms with Gasteiger partial charge in [-0.1, -0.05) is 0 Å². The van der Waals surface area contributed by atoms with Crippen LogP contribution in [0.3, 0.4) is 0 Å². The number of nitrogens with zero attached hydrogens (tertiary/aromatic N) is 6. The highest BCUT2D eigenvalue weighted by molar-refractivity contribution is 5.99. The van der Waals surface area contributed by atoms with E-state index in [0.29, 0.717) is 23.3 Å². The van der Waals surface area contributed by atoms with Gasteiger partial charge in [0, 0.05) is 32.4 Å². The number of hydrogen-bond donors (Lipinski definition) is 1. The number of hydrogen-bond acceptors (Lipinski definition) is 5. The fourth-order valence-electron chi connectivity index (χ4n) is 4.11. The van der Waals surface area contributed by atoms with Crippen LogP contribution >= 0.6 is 0 Å². The number of aromatic amines is 1. The van der Waals surface area contributed by atoms with Gasteiger partial charge in [0.2, 0.25) is 0 Å². The highest BCUT2D eigenvalue weighted by Crippen LogP contribution is 2.33. The van der Waals surface area contributed by atoms with Crippen molar-refractivity contribution in [3.8, 4) is 0 Å². The van der Waals surface area contributed by atoms with Gasteiger partial charge in [0.25, 0.3) is 11.8 Å². The van der Waals surface area contributed by atoms with Gasteiger partial charge < -0.3 is 14.8 Å². The number of fused-ring (bicyclic) bond motifs is 2. The molecule has 4 aromatic rings. The number of benzene rings is 1. The summed E-state index contributed by atoms with van der Waals surface area (Å²) in [6, 6.07) is 7.23. The van der Waals surface area contributed by atoms with E-state index in [1.165, 1.54) is 4.90 Å². The maximum absolute atomic E-state index is 13.3. The number of nitrogens with one attached hydrogen (secondary N) is 1. The first-order chi connectivity index (χ1) is 14.5. The Hall–Kier alpha value is -3.75. The molecule has 9 nitrogen and oxygen atoms in total. The Morgan fingerprint density at radius 1 is 1.20 bits per heavy atom. The zero-order valence-electron chi connectivity index (χ0n) is 16.7. The second-order valence-corrected chi connectivity index (χ2v) is 7.65. The summed E-state index contributed by atoms with van der Waals surface area (Å²) in [5.74, 6) is -0.183. The van der Waals surface area contributed by atoms with Crippen LogP contribution in [0.25, 0.3) is 16.7 Å². The molecule has 0 spiro atoms. The van der Waals surface area contributed by atoms with Crippen LogP contribution in [0, 0.1) is 0 Å². The molecular weight excluding hydrogens is 382 g/mol. The standard InChI is InChI=1S/C21H21N7O2/c1-26(2)21(30)14-11-25-28-18(7-8-22-19(14)28)17-4-3-9-27(17)20(29)13-5-6-15-16(10-13)24-12-23-15/h5-8,10-12,17H,3-4,9H2,1-2H3,(H,23,24)/t17-/m1/s1. The van der Waals surface area contributed by atoms with Crippen molar-refractivity contribution in [1.29, 1.82) is 0 Å². The summed E-state index contributed by atoms with van der Waals surface area (Å²) >= 11 is 0. The van der Waals surface area contributed by atoms with Crippen LogP contribution in [0.1, 0.15) is 45.3 Å². The first kappa shape index (κ1) is 18.3. The molecule has 3 aromatic heterocycles. The van der Waals surface area contributed by atoms with E-state index in [-0.39, 0.29) is 17.9 Å². The number of imidazole rings is 1. The Balaban J connectivity index is 1.52. The maximum Gasteiger partial charge on any atom is 0.258 e. The fourth-order valence-corrected chi connectivity index (χ4v) is 4.11. The predicted molar refractivity (Wildman–Crippen MR) is 110 cm³/mol. The van der Waals surface area contributed by atoms with Gasteiger partial charge in [0.15, 0.2) is 5.65 Å². The normalized spacial score (nSPS) is 16.5. The predicted octanol–water partition coefficient (Wildman–Crippen LogP) is 2.28. The topological polar surface area (TPSA) is 99.5 Å². The minimum Gasteiger partial charge on any atom is -0.345 e. The Bertz CT molecular complexity index is 1270. The number of aromatic nitrogens is 5. The van der Waals surface area contributed by atoms with Crippen LogP contribution in [0.5, 0.6) is 0 Å². The first-order valence-corrected chi connectivity index (χ1v) is 9.83. The van der Waals surface area contributed by atoms with E-state index in [1.807, 2.05) is 29.2 Å². The van der Waals surface area contributed by atoms with Crippen LogP contribution in [0.4, 0.5) is 0 Å². The second kappa shape index (κ2) is 6.94. The van der Waals surface area contributed by atoms with E-state index in [9.17, 15) is 9.59 Å². The number of H-pyrrole nitrogens is 1. The third kappa shape index (κ3) is 2.81. The lowest BCUT2D eigenvalue weighted by atomic mass is 10.1. The van der Waals surface area contributed by atoms with Crippen molar-refractivity contribution in [3.05, 3.63) is 59.8 Å². The van der Waals surface area contributed by atoms with E-state index in [4.69, 9.17) is 0 Å². The molecule has 0 saturated carbocycles. The van der Waals surface area contributed by atoms with Gasteiger partial charge in [0.05, 0.1) is 35.3 Å². The number of amides is 2. The van der Waals surface area contributed by atoms with Crippen LogP contribution in [-0.4, -0.2) is 66.8 Å². The van der Waals surface area contributed by atoms with Gasteiger partial charge >= 0.3 is 0 Å².